The van der Waals surface area contributed by atoms with Crippen LogP contribution in [0.25, 0.3) is 0 Å². The molecule has 0 N–H and O–H groups in total. The molecule has 1 aliphatic carbocycles. The Hall–Kier alpha value is -0.385. The molecule has 3 fully saturated rings. The van der Waals surface area contributed by atoms with Crippen molar-refractivity contribution in [3.63, 3.8) is 0 Å². The van der Waals surface area contributed by atoms with E-state index in [2.05, 4.69) is 0 Å². The van der Waals surface area contributed by atoms with Crippen LogP contribution >= 0.6 is 0 Å². The van der Waals surface area contributed by atoms with E-state index < -0.39 is 18.3 Å². The molecular weight excluding hydrogens is 234 g/mol. The predicted octanol–water partition coefficient (Wildman–Crippen LogP) is 2.51. The molecule has 100 valence electrons. The smallest absolute Gasteiger partial charge is 0.398 e. The van der Waals surface area contributed by atoms with Crippen molar-refractivity contribution in [2.24, 2.45) is 11.3 Å². The van der Waals surface area contributed by atoms with Crippen LogP contribution in [0.4, 0.5) is 4.39 Å². The number of hydrogen-bond acceptors (Lipinski definition) is 3. The first kappa shape index (κ1) is 12.6. The van der Waals surface area contributed by atoms with Gasteiger partial charge in [0.05, 0.1) is 24.4 Å². The Labute approximate surface area is 108 Å². The molecule has 18 heavy (non-hydrogen) atoms. The molecule has 3 aliphatic rings. The molecule has 5 heteroatoms. The summed E-state index contributed by atoms with van der Waals surface area (Å²) in [5.74, 6) is 0.491. The Balaban J connectivity index is 1.75. The van der Waals surface area contributed by atoms with E-state index in [1.54, 1.807) is 6.08 Å². The zero-order valence-electron chi connectivity index (χ0n) is 11.5. The lowest BCUT2D eigenvalue weighted by Crippen LogP contribution is -2.41. The van der Waals surface area contributed by atoms with Gasteiger partial charge in [-0.25, -0.2) is 4.39 Å². The first-order valence-electron chi connectivity index (χ1n) is 6.57. The molecule has 3 nitrogen and oxygen atoms in total. The van der Waals surface area contributed by atoms with Crippen LogP contribution in [0, 0.1) is 11.3 Å². The number of rotatable bonds is 2. The molecule has 2 unspecified atom stereocenters. The second kappa shape index (κ2) is 3.59. The summed E-state index contributed by atoms with van der Waals surface area (Å²) in [6, 6.07) is 0. The van der Waals surface area contributed by atoms with Crippen molar-refractivity contribution in [2.75, 3.05) is 13.2 Å². The lowest BCUT2D eigenvalue weighted by atomic mass is 9.85. The van der Waals surface area contributed by atoms with Crippen LogP contribution in [0.1, 0.15) is 34.1 Å². The summed E-state index contributed by atoms with van der Waals surface area (Å²) >= 11 is 0. The van der Waals surface area contributed by atoms with E-state index in [0.717, 1.165) is 13.0 Å². The van der Waals surface area contributed by atoms with Crippen LogP contribution in [0.5, 0.6) is 0 Å². The first-order chi connectivity index (χ1) is 8.26. The second-order valence-corrected chi connectivity index (χ2v) is 6.77. The van der Waals surface area contributed by atoms with Gasteiger partial charge in [-0.2, -0.15) is 0 Å². The summed E-state index contributed by atoms with van der Waals surface area (Å²) in [6.45, 7) is 9.10. The zero-order chi connectivity index (χ0) is 13.2. The molecule has 2 atom stereocenters. The highest BCUT2D eigenvalue weighted by Crippen LogP contribution is 2.58. The average molecular weight is 254 g/mol. The van der Waals surface area contributed by atoms with Gasteiger partial charge in [-0.3, -0.25) is 0 Å². The van der Waals surface area contributed by atoms with E-state index in [1.165, 1.54) is 0 Å². The third-order valence-corrected chi connectivity index (χ3v) is 4.87. The SMILES string of the molecule is CC1(C)OB(C(F)=CC23COCC2C3)OC1(C)C. The van der Waals surface area contributed by atoms with Crippen molar-refractivity contribution >= 4 is 7.12 Å². The molecule has 2 aliphatic heterocycles. The molecule has 3 rings (SSSR count). The Morgan fingerprint density at radius 2 is 1.83 bits per heavy atom. The largest absolute Gasteiger partial charge is 0.524 e. The fourth-order valence-corrected chi connectivity index (χ4v) is 2.71. The number of fused-ring (bicyclic) bond motifs is 1. The first-order valence-corrected chi connectivity index (χ1v) is 6.57. The minimum Gasteiger partial charge on any atom is -0.398 e. The zero-order valence-corrected chi connectivity index (χ0v) is 11.5. The van der Waals surface area contributed by atoms with Crippen molar-refractivity contribution < 1.29 is 18.4 Å². The topological polar surface area (TPSA) is 27.7 Å². The molecule has 0 aromatic heterocycles. The van der Waals surface area contributed by atoms with Gasteiger partial charge in [0, 0.05) is 5.41 Å². The highest BCUT2D eigenvalue weighted by molar-refractivity contribution is 6.53. The van der Waals surface area contributed by atoms with Gasteiger partial charge in [-0.15, -0.1) is 0 Å². The predicted molar refractivity (Wildman–Crippen MR) is 66.6 cm³/mol. The quantitative estimate of drug-likeness (QED) is 0.708. The van der Waals surface area contributed by atoms with E-state index in [4.69, 9.17) is 14.0 Å². The Morgan fingerprint density at radius 1 is 1.22 bits per heavy atom. The molecule has 0 radical (unpaired) electrons. The second-order valence-electron chi connectivity index (χ2n) is 6.77. The van der Waals surface area contributed by atoms with E-state index in [-0.39, 0.29) is 11.1 Å². The van der Waals surface area contributed by atoms with Crippen molar-refractivity contribution in [3.8, 4) is 0 Å². The molecule has 0 aromatic rings. The molecule has 2 heterocycles. The highest BCUT2D eigenvalue weighted by atomic mass is 19.1. The van der Waals surface area contributed by atoms with Gasteiger partial charge in [-0.05, 0) is 46.1 Å². The molecule has 2 saturated heterocycles. The maximum absolute atomic E-state index is 14.3. The molecule has 0 spiro atoms. The van der Waals surface area contributed by atoms with Crippen molar-refractivity contribution in [1.82, 2.24) is 0 Å². The summed E-state index contributed by atoms with van der Waals surface area (Å²) in [6.07, 6.45) is 2.70. The van der Waals surface area contributed by atoms with Gasteiger partial charge in [0.1, 0.15) is 5.73 Å². The molecule has 0 aromatic carbocycles. The minimum absolute atomic E-state index is 0.0757. The van der Waals surface area contributed by atoms with Gasteiger partial charge in [0.15, 0.2) is 0 Å². The minimum atomic E-state index is -0.869. The number of ether oxygens (including phenoxy) is 1. The van der Waals surface area contributed by atoms with Crippen LogP contribution in [-0.4, -0.2) is 31.5 Å². The summed E-state index contributed by atoms with van der Waals surface area (Å²) in [4.78, 5) is 0. The van der Waals surface area contributed by atoms with Crippen molar-refractivity contribution in [1.29, 1.82) is 0 Å². The summed E-state index contributed by atoms with van der Waals surface area (Å²) in [5, 5.41) is 0. The van der Waals surface area contributed by atoms with Crippen molar-refractivity contribution in [2.45, 2.75) is 45.3 Å². The van der Waals surface area contributed by atoms with E-state index >= 15 is 0 Å². The number of halogens is 1. The van der Waals surface area contributed by atoms with Gasteiger partial charge in [0.2, 0.25) is 0 Å². The number of hydrogen-bond donors (Lipinski definition) is 0. The summed E-state index contributed by atoms with van der Waals surface area (Å²) in [7, 11) is -0.869. The van der Waals surface area contributed by atoms with E-state index in [9.17, 15) is 4.39 Å². The fourth-order valence-electron chi connectivity index (χ4n) is 2.71. The molecule has 0 bridgehead atoms. The molecular formula is C13H20BFO3. The summed E-state index contributed by atoms with van der Waals surface area (Å²) < 4.78 is 31.0. The summed E-state index contributed by atoms with van der Waals surface area (Å²) in [5.41, 5.74) is -1.36. The van der Waals surface area contributed by atoms with Crippen molar-refractivity contribution in [3.05, 3.63) is 11.8 Å². The normalized spacial score (nSPS) is 41.1. The van der Waals surface area contributed by atoms with E-state index in [0.29, 0.717) is 12.5 Å². The van der Waals surface area contributed by atoms with Gasteiger partial charge in [-0.1, -0.05) is 0 Å². The Bertz CT molecular complexity index is 391. The highest BCUT2D eigenvalue weighted by Gasteiger charge is 2.59. The third-order valence-electron chi connectivity index (χ3n) is 4.87. The maximum Gasteiger partial charge on any atom is 0.524 e. The van der Waals surface area contributed by atoms with Gasteiger partial charge in [0.25, 0.3) is 0 Å². The fraction of sp³-hybridized carbons (Fsp3) is 0.846. The van der Waals surface area contributed by atoms with Gasteiger partial charge < -0.3 is 14.0 Å². The third kappa shape index (κ3) is 1.75. The Morgan fingerprint density at radius 3 is 2.28 bits per heavy atom. The molecule has 0 amide bonds. The Kier molecular flexibility index (Phi) is 2.52. The average Bonchev–Trinajstić information content (AvgIpc) is 2.67. The van der Waals surface area contributed by atoms with Crippen LogP contribution in [-0.2, 0) is 14.0 Å². The van der Waals surface area contributed by atoms with Gasteiger partial charge >= 0.3 is 7.12 Å². The monoisotopic (exact) mass is 254 g/mol. The lowest BCUT2D eigenvalue weighted by Gasteiger charge is -2.32. The van der Waals surface area contributed by atoms with Crippen LogP contribution < -0.4 is 0 Å². The standard InChI is InChI=1S/C13H20BFO3/c1-11(2)12(3,4)18-14(17-11)10(15)6-13-5-9(13)7-16-8-13/h6,9H,5,7-8H2,1-4H3. The maximum atomic E-state index is 14.3. The van der Waals surface area contributed by atoms with E-state index in [1.807, 2.05) is 27.7 Å². The van der Waals surface area contributed by atoms with Crippen LogP contribution in [0.2, 0.25) is 0 Å². The van der Waals surface area contributed by atoms with Crippen LogP contribution in [0.3, 0.4) is 0 Å². The molecule has 1 saturated carbocycles. The lowest BCUT2D eigenvalue weighted by molar-refractivity contribution is 0.00578. The van der Waals surface area contributed by atoms with Crippen LogP contribution in [0.15, 0.2) is 11.8 Å².